The van der Waals surface area contributed by atoms with Gasteiger partial charge in [0, 0.05) is 5.69 Å². The number of aromatic nitrogens is 2. The summed E-state index contributed by atoms with van der Waals surface area (Å²) in [5.74, 6) is 0.383. The summed E-state index contributed by atoms with van der Waals surface area (Å²) in [5.41, 5.74) is 1.26. The molecule has 0 saturated carbocycles. The number of aryl methyl sites for hydroxylation is 1. The Hall–Kier alpha value is -1.82. The highest BCUT2D eigenvalue weighted by molar-refractivity contribution is 6.30. The van der Waals surface area contributed by atoms with Crippen LogP contribution in [0.25, 0.3) is 0 Å². The van der Waals surface area contributed by atoms with Gasteiger partial charge in [0.2, 0.25) is 0 Å². The molecule has 0 spiro atoms. The zero-order valence-electron chi connectivity index (χ0n) is 11.6. The molecule has 0 aliphatic rings. The molecular formula is C14H13ClF3N3. The van der Waals surface area contributed by atoms with E-state index in [2.05, 4.69) is 15.5 Å². The maximum absolute atomic E-state index is 12.9. The molecule has 0 amide bonds. The van der Waals surface area contributed by atoms with Gasteiger partial charge in [-0.1, -0.05) is 17.7 Å². The second-order valence-electron chi connectivity index (χ2n) is 4.74. The molecule has 0 saturated heterocycles. The summed E-state index contributed by atoms with van der Waals surface area (Å²) in [6, 6.07) is 4.03. The largest absolute Gasteiger partial charge is 0.416 e. The lowest BCUT2D eigenvalue weighted by Gasteiger charge is -2.14. The topological polar surface area (TPSA) is 37.8 Å². The fourth-order valence-corrected chi connectivity index (χ4v) is 2.02. The molecule has 1 N–H and O–H groups in total. The second kappa shape index (κ2) is 5.52. The molecule has 3 nitrogen and oxygen atoms in total. The van der Waals surface area contributed by atoms with Crippen LogP contribution in [-0.2, 0) is 6.18 Å². The Kier molecular flexibility index (Phi) is 4.09. The van der Waals surface area contributed by atoms with Gasteiger partial charge in [-0.25, -0.2) is 0 Å². The normalized spacial score (nSPS) is 11.6. The molecule has 1 aromatic carbocycles. The van der Waals surface area contributed by atoms with Gasteiger partial charge in [-0.05, 0) is 49.6 Å². The maximum Gasteiger partial charge on any atom is 0.416 e. The standard InChI is InChI=1S/C14H13ClF3N3/c1-7-4-5-10(6-11(7)14(16,17)18)19-13-9(3)8(2)12(15)20-21-13/h4-6H,1-3H3,(H,19,21). The van der Waals surface area contributed by atoms with Gasteiger partial charge in [-0.2, -0.15) is 13.2 Å². The monoisotopic (exact) mass is 315 g/mol. The number of benzene rings is 1. The first-order chi connectivity index (χ1) is 9.70. The van der Waals surface area contributed by atoms with Crippen LogP contribution in [0.5, 0.6) is 0 Å². The molecule has 7 heteroatoms. The Morgan fingerprint density at radius 1 is 1.05 bits per heavy atom. The van der Waals surface area contributed by atoms with E-state index in [1.807, 2.05) is 0 Å². The lowest BCUT2D eigenvalue weighted by molar-refractivity contribution is -0.138. The third-order valence-electron chi connectivity index (χ3n) is 3.27. The molecule has 0 bridgehead atoms. The van der Waals surface area contributed by atoms with Crippen molar-refractivity contribution in [2.45, 2.75) is 26.9 Å². The third kappa shape index (κ3) is 3.26. The van der Waals surface area contributed by atoms with Crippen LogP contribution < -0.4 is 5.32 Å². The van der Waals surface area contributed by atoms with Gasteiger partial charge in [0.25, 0.3) is 0 Å². The number of nitrogens with zero attached hydrogens (tertiary/aromatic N) is 2. The maximum atomic E-state index is 12.9. The van der Waals surface area contributed by atoms with E-state index in [-0.39, 0.29) is 10.7 Å². The summed E-state index contributed by atoms with van der Waals surface area (Å²) in [6.07, 6.45) is -4.39. The molecule has 2 aromatic rings. The lowest BCUT2D eigenvalue weighted by Crippen LogP contribution is -2.08. The van der Waals surface area contributed by atoms with E-state index in [1.165, 1.54) is 13.0 Å². The Morgan fingerprint density at radius 3 is 2.33 bits per heavy atom. The minimum atomic E-state index is -4.39. The van der Waals surface area contributed by atoms with Crippen molar-refractivity contribution in [3.8, 4) is 0 Å². The zero-order valence-corrected chi connectivity index (χ0v) is 12.4. The number of nitrogens with one attached hydrogen (secondary N) is 1. The van der Waals surface area contributed by atoms with E-state index < -0.39 is 11.7 Å². The quantitative estimate of drug-likeness (QED) is 0.863. The Labute approximate surface area is 125 Å². The highest BCUT2D eigenvalue weighted by Crippen LogP contribution is 2.34. The zero-order chi connectivity index (χ0) is 15.8. The van der Waals surface area contributed by atoms with Crippen molar-refractivity contribution in [3.05, 3.63) is 45.6 Å². The highest BCUT2D eigenvalue weighted by Gasteiger charge is 2.32. The van der Waals surface area contributed by atoms with Gasteiger partial charge in [-0.3, -0.25) is 0 Å². The molecule has 2 rings (SSSR count). The summed E-state index contributed by atoms with van der Waals surface area (Å²) in [7, 11) is 0. The number of anilines is 2. The molecule has 0 unspecified atom stereocenters. The van der Waals surface area contributed by atoms with Gasteiger partial charge in [0.15, 0.2) is 11.0 Å². The first-order valence-corrected chi connectivity index (χ1v) is 6.52. The lowest BCUT2D eigenvalue weighted by atomic mass is 10.1. The van der Waals surface area contributed by atoms with Crippen LogP contribution in [0.4, 0.5) is 24.7 Å². The van der Waals surface area contributed by atoms with E-state index in [1.54, 1.807) is 19.9 Å². The SMILES string of the molecule is Cc1ccc(Nc2nnc(Cl)c(C)c2C)cc1C(F)(F)F. The molecule has 112 valence electrons. The number of halogens is 4. The predicted molar refractivity (Wildman–Crippen MR) is 76.0 cm³/mol. The van der Waals surface area contributed by atoms with Crippen LogP contribution in [0, 0.1) is 20.8 Å². The number of rotatable bonds is 2. The molecule has 0 radical (unpaired) electrons. The van der Waals surface area contributed by atoms with Crippen molar-refractivity contribution in [2.24, 2.45) is 0 Å². The van der Waals surface area contributed by atoms with E-state index in [9.17, 15) is 13.2 Å². The van der Waals surface area contributed by atoms with Gasteiger partial charge >= 0.3 is 6.18 Å². The van der Waals surface area contributed by atoms with Gasteiger partial charge in [0.1, 0.15) is 0 Å². The first kappa shape index (κ1) is 15.6. The summed E-state index contributed by atoms with van der Waals surface area (Å²) in [6.45, 7) is 4.97. The summed E-state index contributed by atoms with van der Waals surface area (Å²) < 4.78 is 38.7. The molecule has 0 aliphatic carbocycles. The van der Waals surface area contributed by atoms with Crippen LogP contribution in [0.3, 0.4) is 0 Å². The third-order valence-corrected chi connectivity index (χ3v) is 3.63. The van der Waals surface area contributed by atoms with E-state index >= 15 is 0 Å². The Bertz CT molecular complexity index is 684. The molecule has 0 fully saturated rings. The summed E-state index contributed by atoms with van der Waals surface area (Å²) in [5, 5.41) is 10.8. The predicted octanol–water partition coefficient (Wildman–Crippen LogP) is 4.82. The second-order valence-corrected chi connectivity index (χ2v) is 5.10. The molecule has 0 aliphatic heterocycles. The summed E-state index contributed by atoms with van der Waals surface area (Å²) in [4.78, 5) is 0. The molecule has 21 heavy (non-hydrogen) atoms. The van der Waals surface area contributed by atoms with Crippen LogP contribution in [0.1, 0.15) is 22.3 Å². The fourth-order valence-electron chi connectivity index (χ4n) is 1.84. The van der Waals surface area contributed by atoms with Crippen molar-refractivity contribution in [1.29, 1.82) is 0 Å². The number of alkyl halides is 3. The number of hydrogen-bond donors (Lipinski definition) is 1. The van der Waals surface area contributed by atoms with Crippen molar-refractivity contribution in [1.82, 2.24) is 10.2 Å². The molecular weight excluding hydrogens is 303 g/mol. The minimum Gasteiger partial charge on any atom is -0.338 e. The Balaban J connectivity index is 2.39. The van der Waals surface area contributed by atoms with Crippen molar-refractivity contribution in [2.75, 3.05) is 5.32 Å². The van der Waals surface area contributed by atoms with Crippen LogP contribution in [-0.4, -0.2) is 10.2 Å². The summed E-state index contributed by atoms with van der Waals surface area (Å²) >= 11 is 5.84. The average Bonchev–Trinajstić information content (AvgIpc) is 2.40. The van der Waals surface area contributed by atoms with E-state index in [4.69, 9.17) is 11.6 Å². The minimum absolute atomic E-state index is 0.170. The fraction of sp³-hybridized carbons (Fsp3) is 0.286. The molecule has 0 atom stereocenters. The van der Waals surface area contributed by atoms with E-state index in [0.717, 1.165) is 17.2 Å². The number of hydrogen-bond acceptors (Lipinski definition) is 3. The van der Waals surface area contributed by atoms with Crippen LogP contribution >= 0.6 is 11.6 Å². The van der Waals surface area contributed by atoms with Crippen molar-refractivity contribution < 1.29 is 13.2 Å². The van der Waals surface area contributed by atoms with Gasteiger partial charge in [0.05, 0.1) is 5.56 Å². The van der Waals surface area contributed by atoms with Crippen molar-refractivity contribution in [3.63, 3.8) is 0 Å². The average molecular weight is 316 g/mol. The van der Waals surface area contributed by atoms with Crippen LogP contribution in [0.2, 0.25) is 5.15 Å². The van der Waals surface area contributed by atoms with Gasteiger partial charge < -0.3 is 5.32 Å². The van der Waals surface area contributed by atoms with E-state index in [0.29, 0.717) is 11.5 Å². The van der Waals surface area contributed by atoms with Gasteiger partial charge in [-0.15, -0.1) is 10.2 Å². The highest BCUT2D eigenvalue weighted by atomic mass is 35.5. The van der Waals surface area contributed by atoms with Crippen LogP contribution in [0.15, 0.2) is 18.2 Å². The molecule has 1 aromatic heterocycles. The van der Waals surface area contributed by atoms with Crippen molar-refractivity contribution >= 4 is 23.1 Å². The Morgan fingerprint density at radius 2 is 1.71 bits per heavy atom. The smallest absolute Gasteiger partial charge is 0.338 e. The molecule has 1 heterocycles. The first-order valence-electron chi connectivity index (χ1n) is 6.14.